The molecule has 0 aliphatic carbocycles. The second kappa shape index (κ2) is 6.66. The molecule has 1 amide bonds. The lowest BCUT2D eigenvalue weighted by Crippen LogP contribution is -2.36. The Labute approximate surface area is 133 Å². The second-order valence-electron chi connectivity index (χ2n) is 5.36. The van der Waals surface area contributed by atoms with Crippen molar-refractivity contribution in [1.82, 2.24) is 0 Å². The van der Waals surface area contributed by atoms with Crippen LogP contribution in [0.2, 0.25) is 0 Å². The highest BCUT2D eigenvalue weighted by Gasteiger charge is 2.15. The molecule has 1 aromatic carbocycles. The molecule has 1 aliphatic rings. The number of benzene rings is 1. The van der Waals surface area contributed by atoms with Crippen molar-refractivity contribution in [2.45, 2.75) is 6.92 Å². The van der Waals surface area contributed by atoms with Crippen LogP contribution in [0.1, 0.15) is 6.92 Å². The van der Waals surface area contributed by atoms with E-state index in [1.54, 1.807) is 12.1 Å². The lowest BCUT2D eigenvalue weighted by molar-refractivity contribution is -0.114. The summed E-state index contributed by atoms with van der Waals surface area (Å²) < 4.78 is 11.2. The van der Waals surface area contributed by atoms with Gasteiger partial charge in [-0.1, -0.05) is 12.1 Å². The number of amides is 1. The zero-order valence-corrected chi connectivity index (χ0v) is 12.9. The Morgan fingerprint density at radius 1 is 1.17 bits per heavy atom. The number of morpholine rings is 1. The van der Waals surface area contributed by atoms with Crippen molar-refractivity contribution in [2.24, 2.45) is 0 Å². The highest BCUT2D eigenvalue weighted by atomic mass is 16.5. The van der Waals surface area contributed by atoms with Gasteiger partial charge in [0, 0.05) is 43.4 Å². The minimum Gasteiger partial charge on any atom is -0.440 e. The average molecular weight is 314 g/mol. The van der Waals surface area contributed by atoms with E-state index in [0.29, 0.717) is 43.6 Å². The molecule has 0 unspecified atom stereocenters. The molecule has 1 N–H and O–H groups in total. The van der Waals surface area contributed by atoms with Crippen molar-refractivity contribution >= 4 is 17.5 Å². The smallest absolute Gasteiger partial charge is 0.221 e. The highest BCUT2D eigenvalue weighted by molar-refractivity contribution is 5.89. The van der Waals surface area contributed by atoms with Crippen LogP contribution in [0.25, 0.3) is 11.3 Å². The van der Waals surface area contributed by atoms with Crippen LogP contribution in [-0.4, -0.2) is 32.2 Å². The average Bonchev–Trinajstić information content (AvgIpc) is 2.55. The van der Waals surface area contributed by atoms with Crippen LogP contribution in [0.4, 0.5) is 11.6 Å². The van der Waals surface area contributed by atoms with E-state index in [1.165, 1.54) is 19.1 Å². The summed E-state index contributed by atoms with van der Waals surface area (Å²) in [7, 11) is 0. The van der Waals surface area contributed by atoms with E-state index >= 15 is 0 Å². The number of anilines is 2. The van der Waals surface area contributed by atoms with Gasteiger partial charge in [0.15, 0.2) is 11.3 Å². The Kier molecular flexibility index (Phi) is 4.43. The van der Waals surface area contributed by atoms with Gasteiger partial charge < -0.3 is 19.4 Å². The molecule has 1 aromatic heterocycles. The molecule has 2 aromatic rings. The molecule has 23 heavy (non-hydrogen) atoms. The van der Waals surface area contributed by atoms with Gasteiger partial charge in [-0.2, -0.15) is 0 Å². The summed E-state index contributed by atoms with van der Waals surface area (Å²) >= 11 is 0. The van der Waals surface area contributed by atoms with Crippen LogP contribution in [0.15, 0.2) is 45.6 Å². The first kappa shape index (κ1) is 15.3. The third-order valence-corrected chi connectivity index (χ3v) is 3.54. The minimum atomic E-state index is -0.148. The van der Waals surface area contributed by atoms with Gasteiger partial charge in [0.25, 0.3) is 0 Å². The molecule has 1 fully saturated rings. The van der Waals surface area contributed by atoms with Crippen LogP contribution < -0.4 is 15.6 Å². The summed E-state index contributed by atoms with van der Waals surface area (Å²) in [5.41, 5.74) is 1.29. The Morgan fingerprint density at radius 2 is 1.96 bits per heavy atom. The Bertz CT molecular complexity index is 763. The van der Waals surface area contributed by atoms with E-state index in [1.807, 2.05) is 17.0 Å². The predicted octanol–water partition coefficient (Wildman–Crippen LogP) is 2.10. The number of rotatable bonds is 3. The largest absolute Gasteiger partial charge is 0.440 e. The van der Waals surface area contributed by atoms with E-state index in [9.17, 15) is 9.59 Å². The lowest BCUT2D eigenvalue weighted by Gasteiger charge is -2.27. The fourth-order valence-corrected chi connectivity index (χ4v) is 2.50. The molecule has 3 rings (SSSR count). The molecular weight excluding hydrogens is 296 g/mol. The van der Waals surface area contributed by atoms with E-state index in [0.717, 1.165) is 5.56 Å². The van der Waals surface area contributed by atoms with Gasteiger partial charge in [0.1, 0.15) is 5.76 Å². The first-order valence-electron chi connectivity index (χ1n) is 7.48. The van der Waals surface area contributed by atoms with Crippen LogP contribution in [0.3, 0.4) is 0 Å². The molecule has 1 saturated heterocycles. The third-order valence-electron chi connectivity index (χ3n) is 3.54. The molecular formula is C17H18N2O4. The first-order chi connectivity index (χ1) is 11.1. The zero-order valence-electron chi connectivity index (χ0n) is 12.9. The quantitative estimate of drug-likeness (QED) is 0.939. The molecule has 2 heterocycles. The summed E-state index contributed by atoms with van der Waals surface area (Å²) in [6, 6.07) is 10.2. The maximum atomic E-state index is 12.0. The maximum Gasteiger partial charge on any atom is 0.221 e. The van der Waals surface area contributed by atoms with Crippen molar-refractivity contribution in [3.05, 3.63) is 46.6 Å². The second-order valence-corrected chi connectivity index (χ2v) is 5.36. The maximum absolute atomic E-state index is 12.0. The Hall–Kier alpha value is -2.60. The van der Waals surface area contributed by atoms with E-state index in [2.05, 4.69) is 5.32 Å². The number of carbonyl (C=O) groups excluding carboxylic acids is 1. The van der Waals surface area contributed by atoms with Gasteiger partial charge in [-0.25, -0.2) is 0 Å². The summed E-state index contributed by atoms with van der Waals surface area (Å²) in [5.74, 6) is 0.873. The van der Waals surface area contributed by atoms with Crippen LogP contribution in [-0.2, 0) is 9.53 Å². The summed E-state index contributed by atoms with van der Waals surface area (Å²) in [4.78, 5) is 25.2. The van der Waals surface area contributed by atoms with Gasteiger partial charge in [-0.15, -0.1) is 0 Å². The van der Waals surface area contributed by atoms with Crippen molar-refractivity contribution in [2.75, 3.05) is 36.5 Å². The zero-order chi connectivity index (χ0) is 16.2. The summed E-state index contributed by atoms with van der Waals surface area (Å²) in [6.45, 7) is 4.07. The van der Waals surface area contributed by atoms with Gasteiger partial charge >= 0.3 is 0 Å². The van der Waals surface area contributed by atoms with E-state index in [-0.39, 0.29) is 11.3 Å². The number of carbonyl (C=O) groups is 1. The molecule has 0 bridgehead atoms. The van der Waals surface area contributed by atoms with Gasteiger partial charge in [-0.05, 0) is 12.1 Å². The van der Waals surface area contributed by atoms with Crippen LogP contribution in [0, 0.1) is 0 Å². The molecule has 6 heteroatoms. The van der Waals surface area contributed by atoms with Gasteiger partial charge in [0.05, 0.1) is 13.2 Å². The Balaban J connectivity index is 1.94. The molecule has 120 valence electrons. The molecule has 0 radical (unpaired) electrons. The summed E-state index contributed by atoms with van der Waals surface area (Å²) in [5, 5.41) is 2.72. The van der Waals surface area contributed by atoms with Crippen LogP contribution in [0.5, 0.6) is 0 Å². The van der Waals surface area contributed by atoms with Gasteiger partial charge in [-0.3, -0.25) is 9.59 Å². The molecule has 1 aliphatic heterocycles. The first-order valence-corrected chi connectivity index (χ1v) is 7.48. The minimum absolute atomic E-state index is 0.113. The Morgan fingerprint density at radius 3 is 2.70 bits per heavy atom. The normalized spacial score (nSPS) is 14.6. The fraction of sp³-hybridized carbons (Fsp3) is 0.294. The van der Waals surface area contributed by atoms with Crippen molar-refractivity contribution in [1.29, 1.82) is 0 Å². The monoisotopic (exact) mass is 314 g/mol. The molecule has 6 nitrogen and oxygen atoms in total. The number of ether oxygens (including phenoxy) is 1. The third kappa shape index (κ3) is 3.78. The fourth-order valence-electron chi connectivity index (χ4n) is 2.50. The predicted molar refractivity (Wildman–Crippen MR) is 87.7 cm³/mol. The van der Waals surface area contributed by atoms with E-state index in [4.69, 9.17) is 9.15 Å². The topological polar surface area (TPSA) is 71.8 Å². The van der Waals surface area contributed by atoms with Gasteiger partial charge in [0.2, 0.25) is 5.91 Å². The van der Waals surface area contributed by atoms with Crippen molar-refractivity contribution in [3.8, 4) is 11.3 Å². The number of hydrogen-bond acceptors (Lipinski definition) is 5. The SMILES string of the molecule is CC(=O)Nc1cccc(-c2cc(=O)cc(N3CCOCC3)o2)c1. The molecule has 0 spiro atoms. The van der Waals surface area contributed by atoms with Crippen LogP contribution >= 0.6 is 0 Å². The summed E-state index contributed by atoms with van der Waals surface area (Å²) in [6.07, 6.45) is 0. The van der Waals surface area contributed by atoms with Crippen molar-refractivity contribution < 1.29 is 13.9 Å². The van der Waals surface area contributed by atoms with E-state index < -0.39 is 0 Å². The lowest BCUT2D eigenvalue weighted by atomic mass is 10.1. The standard InChI is InChI=1S/C17H18N2O4/c1-12(20)18-14-4-2-3-13(9-14)16-10-15(21)11-17(23-16)19-5-7-22-8-6-19/h2-4,9-11H,5-8H2,1H3,(H,18,20). The van der Waals surface area contributed by atoms with Crippen molar-refractivity contribution in [3.63, 3.8) is 0 Å². The number of nitrogens with one attached hydrogen (secondary N) is 1. The molecule has 0 atom stereocenters. The molecule has 0 saturated carbocycles. The number of hydrogen-bond donors (Lipinski definition) is 1. The highest BCUT2D eigenvalue weighted by Crippen LogP contribution is 2.25. The number of nitrogens with zero attached hydrogens (tertiary/aromatic N) is 1.